The highest BCUT2D eigenvalue weighted by atomic mass is 79.9. The summed E-state index contributed by atoms with van der Waals surface area (Å²) < 4.78 is 28.8. The molecule has 0 radical (unpaired) electrons. The minimum atomic E-state index is -3.68. The normalized spacial score (nSPS) is 19.4. The Hall–Kier alpha value is -0.630. The SMILES string of the molecule is CN1CCN(S(=O)(=O)c2ccc(Br)cc2Cl)C(c2ccccc2)C1.Cl. The first-order valence-corrected chi connectivity index (χ1v) is 10.2. The molecule has 0 aromatic heterocycles. The first-order valence-electron chi connectivity index (χ1n) is 7.60. The number of piperazine rings is 1. The largest absolute Gasteiger partial charge is 0.303 e. The van der Waals surface area contributed by atoms with E-state index >= 15 is 0 Å². The van der Waals surface area contributed by atoms with Crippen molar-refractivity contribution in [3.05, 3.63) is 63.6 Å². The van der Waals surface area contributed by atoms with E-state index in [-0.39, 0.29) is 28.4 Å². The zero-order valence-corrected chi connectivity index (χ0v) is 17.6. The van der Waals surface area contributed by atoms with Gasteiger partial charge in [0, 0.05) is 24.1 Å². The molecule has 0 spiro atoms. The minimum absolute atomic E-state index is 0. The monoisotopic (exact) mass is 464 g/mol. The first-order chi connectivity index (χ1) is 11.4. The van der Waals surface area contributed by atoms with E-state index in [9.17, 15) is 8.42 Å². The third-order valence-corrected chi connectivity index (χ3v) is 7.08. The number of hydrogen-bond donors (Lipinski definition) is 0. The number of likely N-dealkylation sites (N-methyl/N-ethyl adjacent to an activating group) is 1. The molecule has 1 heterocycles. The van der Waals surface area contributed by atoms with Gasteiger partial charge >= 0.3 is 0 Å². The summed E-state index contributed by atoms with van der Waals surface area (Å²) in [4.78, 5) is 2.30. The topological polar surface area (TPSA) is 40.6 Å². The summed E-state index contributed by atoms with van der Waals surface area (Å²) in [6, 6.07) is 14.4. The number of halogens is 3. The average molecular weight is 466 g/mol. The second-order valence-electron chi connectivity index (χ2n) is 5.88. The van der Waals surface area contributed by atoms with Crippen molar-refractivity contribution in [2.75, 3.05) is 26.7 Å². The van der Waals surface area contributed by atoms with Gasteiger partial charge in [-0.15, -0.1) is 12.4 Å². The number of benzene rings is 2. The van der Waals surface area contributed by atoms with Crippen molar-refractivity contribution in [2.24, 2.45) is 0 Å². The molecule has 0 saturated carbocycles. The third-order valence-electron chi connectivity index (χ3n) is 4.20. The van der Waals surface area contributed by atoms with Crippen molar-refractivity contribution in [1.29, 1.82) is 0 Å². The van der Waals surface area contributed by atoms with Gasteiger partial charge in [-0.2, -0.15) is 4.31 Å². The van der Waals surface area contributed by atoms with Crippen LogP contribution in [0, 0.1) is 0 Å². The van der Waals surface area contributed by atoms with Crippen molar-refractivity contribution < 1.29 is 8.42 Å². The fraction of sp³-hybridized carbons (Fsp3) is 0.294. The van der Waals surface area contributed by atoms with Crippen LogP contribution in [-0.4, -0.2) is 44.3 Å². The molecule has 1 aliphatic rings. The van der Waals surface area contributed by atoms with Crippen LogP contribution in [-0.2, 0) is 10.0 Å². The second kappa shape index (κ2) is 8.37. The van der Waals surface area contributed by atoms with Gasteiger partial charge in [0.25, 0.3) is 0 Å². The third kappa shape index (κ3) is 4.38. The van der Waals surface area contributed by atoms with Crippen molar-refractivity contribution >= 4 is 50.0 Å². The van der Waals surface area contributed by atoms with Gasteiger partial charge < -0.3 is 4.90 Å². The van der Waals surface area contributed by atoms with Gasteiger partial charge in [0.05, 0.1) is 11.1 Å². The average Bonchev–Trinajstić information content (AvgIpc) is 2.55. The van der Waals surface area contributed by atoms with Gasteiger partial charge in [-0.3, -0.25) is 0 Å². The van der Waals surface area contributed by atoms with Crippen molar-refractivity contribution in [3.63, 3.8) is 0 Å². The molecule has 4 nitrogen and oxygen atoms in total. The molecule has 0 amide bonds. The van der Waals surface area contributed by atoms with Crippen LogP contribution in [0.2, 0.25) is 5.02 Å². The Morgan fingerprint density at radius 3 is 2.44 bits per heavy atom. The summed E-state index contributed by atoms with van der Waals surface area (Å²) in [6.45, 7) is 1.78. The molecule has 2 aromatic carbocycles. The molecule has 25 heavy (non-hydrogen) atoms. The van der Waals surface area contributed by atoms with Gasteiger partial charge in [-0.05, 0) is 30.8 Å². The number of rotatable bonds is 3. The predicted molar refractivity (Wildman–Crippen MR) is 107 cm³/mol. The van der Waals surface area contributed by atoms with E-state index in [1.54, 1.807) is 22.5 Å². The highest BCUT2D eigenvalue weighted by Crippen LogP contribution is 2.34. The zero-order chi connectivity index (χ0) is 17.3. The molecule has 1 fully saturated rings. The van der Waals surface area contributed by atoms with Crippen molar-refractivity contribution in [1.82, 2.24) is 9.21 Å². The lowest BCUT2D eigenvalue weighted by atomic mass is 10.1. The lowest BCUT2D eigenvalue weighted by Crippen LogP contribution is -2.49. The van der Waals surface area contributed by atoms with Crippen LogP contribution in [0.15, 0.2) is 57.9 Å². The van der Waals surface area contributed by atoms with E-state index in [4.69, 9.17) is 11.6 Å². The lowest BCUT2D eigenvalue weighted by molar-refractivity contribution is 0.160. The lowest BCUT2D eigenvalue weighted by Gasteiger charge is -2.39. The van der Waals surface area contributed by atoms with Gasteiger partial charge in [0.15, 0.2) is 0 Å². The molecule has 0 aliphatic carbocycles. The van der Waals surface area contributed by atoms with Crippen LogP contribution < -0.4 is 0 Å². The van der Waals surface area contributed by atoms with Crippen LogP contribution in [0.25, 0.3) is 0 Å². The van der Waals surface area contributed by atoms with Gasteiger partial charge in [0.2, 0.25) is 10.0 Å². The quantitative estimate of drug-likeness (QED) is 0.681. The Labute approximate surface area is 168 Å². The fourth-order valence-corrected chi connectivity index (χ4v) is 5.56. The maximum Gasteiger partial charge on any atom is 0.245 e. The molecule has 8 heteroatoms. The molecule has 0 N–H and O–H groups in total. The van der Waals surface area contributed by atoms with E-state index in [0.717, 1.165) is 10.0 Å². The Kier molecular flexibility index (Phi) is 6.93. The highest BCUT2D eigenvalue weighted by molar-refractivity contribution is 9.10. The van der Waals surface area contributed by atoms with Crippen LogP contribution >= 0.6 is 39.9 Å². The van der Waals surface area contributed by atoms with Crippen molar-refractivity contribution in [2.45, 2.75) is 10.9 Å². The molecule has 1 saturated heterocycles. The fourth-order valence-electron chi connectivity index (χ4n) is 2.95. The van der Waals surface area contributed by atoms with E-state index in [1.807, 2.05) is 37.4 Å². The summed E-state index contributed by atoms with van der Waals surface area (Å²) in [5.41, 5.74) is 0.987. The Morgan fingerprint density at radius 1 is 1.12 bits per heavy atom. The molecule has 1 aliphatic heterocycles. The number of hydrogen-bond acceptors (Lipinski definition) is 3. The Balaban J connectivity index is 0.00000225. The first kappa shape index (κ1) is 20.7. The van der Waals surface area contributed by atoms with E-state index in [2.05, 4.69) is 20.8 Å². The second-order valence-corrected chi connectivity index (χ2v) is 9.06. The molecule has 1 unspecified atom stereocenters. The zero-order valence-electron chi connectivity index (χ0n) is 13.6. The minimum Gasteiger partial charge on any atom is -0.303 e. The number of nitrogens with zero attached hydrogens (tertiary/aromatic N) is 2. The Bertz CT molecular complexity index is 834. The van der Waals surface area contributed by atoms with E-state index in [1.165, 1.54) is 0 Å². The van der Waals surface area contributed by atoms with E-state index < -0.39 is 10.0 Å². The van der Waals surface area contributed by atoms with Crippen LogP contribution in [0.1, 0.15) is 11.6 Å². The summed E-state index contributed by atoms with van der Waals surface area (Å²) in [5, 5.41) is 0.232. The summed E-state index contributed by atoms with van der Waals surface area (Å²) in [5.74, 6) is 0. The molecule has 0 bridgehead atoms. The Morgan fingerprint density at radius 2 is 1.80 bits per heavy atom. The highest BCUT2D eigenvalue weighted by Gasteiger charge is 2.37. The number of sulfonamides is 1. The molecule has 2 aromatic rings. The maximum absolute atomic E-state index is 13.2. The predicted octanol–water partition coefficient (Wildman–Crippen LogP) is 4.20. The van der Waals surface area contributed by atoms with Crippen LogP contribution in [0.4, 0.5) is 0 Å². The smallest absolute Gasteiger partial charge is 0.245 e. The summed E-state index contributed by atoms with van der Waals surface area (Å²) >= 11 is 9.53. The van der Waals surface area contributed by atoms with Gasteiger partial charge in [-0.1, -0.05) is 57.9 Å². The maximum atomic E-state index is 13.2. The van der Waals surface area contributed by atoms with Gasteiger partial charge in [0.1, 0.15) is 4.90 Å². The molecular formula is C17H19BrCl2N2O2S. The molecule has 136 valence electrons. The summed E-state index contributed by atoms with van der Waals surface area (Å²) in [7, 11) is -1.67. The summed E-state index contributed by atoms with van der Waals surface area (Å²) in [6.07, 6.45) is 0. The van der Waals surface area contributed by atoms with E-state index in [0.29, 0.717) is 19.6 Å². The van der Waals surface area contributed by atoms with Crippen LogP contribution in [0.5, 0.6) is 0 Å². The molecule has 1 atom stereocenters. The van der Waals surface area contributed by atoms with Crippen LogP contribution in [0.3, 0.4) is 0 Å². The van der Waals surface area contributed by atoms with Gasteiger partial charge in [-0.25, -0.2) is 8.42 Å². The standard InChI is InChI=1S/C17H18BrClN2O2S.ClH/c1-20-9-10-21(16(12-20)13-5-3-2-4-6-13)24(22,23)17-8-7-14(18)11-15(17)19;/h2-8,11,16H,9-10,12H2,1H3;1H. The molecular weight excluding hydrogens is 447 g/mol. The molecule has 3 rings (SSSR count). The van der Waals surface area contributed by atoms with Crippen molar-refractivity contribution in [3.8, 4) is 0 Å².